The summed E-state index contributed by atoms with van der Waals surface area (Å²) in [6.45, 7) is 3.21. The van der Waals surface area contributed by atoms with E-state index >= 15 is 0 Å². The van der Waals surface area contributed by atoms with E-state index in [1.54, 1.807) is 0 Å². The minimum Gasteiger partial charge on any atom is -0.561 e. The Morgan fingerprint density at radius 2 is 2.50 bits per heavy atom. The number of hydrogen-bond donors (Lipinski definition) is 1. The second-order valence-electron chi connectivity index (χ2n) is 0.636. The van der Waals surface area contributed by atoms with Gasteiger partial charge in [-0.05, 0) is 0 Å². The highest BCUT2D eigenvalue weighted by Crippen LogP contribution is 1.62. The fourth-order valence-corrected chi connectivity index (χ4v) is 0.0927. The number of nitrogens with one attached hydrogen (secondary N) is 1. The molecule has 0 aliphatic carbocycles. The molecule has 0 saturated heterocycles. The molecular formula is C3H5NO2. The van der Waals surface area contributed by atoms with Crippen molar-refractivity contribution in [2.45, 2.75) is 0 Å². The van der Waals surface area contributed by atoms with Crippen LogP contribution in [0.25, 0.3) is 0 Å². The molecule has 0 aliphatic rings. The van der Waals surface area contributed by atoms with Crippen molar-refractivity contribution in [3.8, 4) is 0 Å². The van der Waals surface area contributed by atoms with Gasteiger partial charge in [-0.25, -0.2) is 0 Å². The zero-order chi connectivity index (χ0) is 4.99. The molecule has 0 atom stereocenters. The minimum absolute atomic E-state index is 0.0440. The number of hydrogen-bond acceptors (Lipinski definition) is 3. The van der Waals surface area contributed by atoms with E-state index in [2.05, 4.69) is 11.7 Å². The summed E-state index contributed by atoms with van der Waals surface area (Å²) in [6, 6.07) is 0. The van der Waals surface area contributed by atoms with Gasteiger partial charge in [-0.1, -0.05) is 0 Å². The fraction of sp³-hybridized carbons (Fsp3) is 0.333. The fourth-order valence-electron chi connectivity index (χ4n) is 0.0927. The Bertz CT molecular complexity index is 52.8. The average molecular weight is 87.1 g/mol. The Hall–Kier alpha value is -0.860. The van der Waals surface area contributed by atoms with Crippen molar-refractivity contribution in [3.05, 3.63) is 6.92 Å². The van der Waals surface area contributed by atoms with E-state index in [9.17, 15) is 5.11 Å². The van der Waals surface area contributed by atoms with Crippen molar-refractivity contribution in [3.63, 3.8) is 0 Å². The molecule has 34 valence electrons. The van der Waals surface area contributed by atoms with E-state index in [4.69, 9.17) is 5.41 Å². The highest BCUT2D eigenvalue weighted by molar-refractivity contribution is 5.56. The van der Waals surface area contributed by atoms with Crippen LogP contribution in [0, 0.1) is 12.3 Å². The molecular weight excluding hydrogens is 82.0 g/mol. The summed E-state index contributed by atoms with van der Waals surface area (Å²) in [4.78, 5) is 0. The van der Waals surface area contributed by atoms with Crippen LogP contribution in [0.1, 0.15) is 0 Å². The van der Waals surface area contributed by atoms with Crippen LogP contribution in [0.4, 0.5) is 0 Å². The van der Waals surface area contributed by atoms with Crippen LogP contribution in [-0.4, -0.2) is 12.7 Å². The number of rotatable bonds is 1. The zero-order valence-corrected chi connectivity index (χ0v) is 3.23. The molecule has 0 heterocycles. The highest BCUT2D eigenvalue weighted by Gasteiger charge is 1.69. The number of ether oxygens (including phenoxy) is 1. The van der Waals surface area contributed by atoms with Gasteiger partial charge in [0.25, 0.3) is 0 Å². The van der Waals surface area contributed by atoms with Crippen molar-refractivity contribution < 1.29 is 9.84 Å². The normalized spacial score (nSPS) is 7.33. The van der Waals surface area contributed by atoms with Gasteiger partial charge in [0.05, 0.1) is 6.92 Å². The molecule has 0 spiro atoms. The molecule has 1 N–H and O–H groups in total. The van der Waals surface area contributed by atoms with Crippen LogP contribution in [0.2, 0.25) is 0 Å². The van der Waals surface area contributed by atoms with Crippen LogP contribution in [-0.2, 0) is 4.74 Å². The SMILES string of the molecule is [CH2+]COC(=N)[O-]. The predicted octanol–water partition coefficient (Wildman–Crippen LogP) is -0.868. The van der Waals surface area contributed by atoms with Crippen LogP contribution < -0.4 is 5.11 Å². The second-order valence-corrected chi connectivity index (χ2v) is 0.636. The molecule has 0 saturated carbocycles. The summed E-state index contributed by atoms with van der Waals surface area (Å²) >= 11 is 0. The Kier molecular flexibility index (Phi) is 2.04. The highest BCUT2D eigenvalue weighted by atomic mass is 16.6. The quantitative estimate of drug-likeness (QED) is 0.257. The summed E-state index contributed by atoms with van der Waals surface area (Å²) < 4.78 is 3.96. The predicted molar refractivity (Wildman–Crippen MR) is 19.0 cm³/mol. The summed E-state index contributed by atoms with van der Waals surface area (Å²) in [6.07, 6.45) is -1.02. The van der Waals surface area contributed by atoms with Crippen LogP contribution in [0.5, 0.6) is 0 Å². The summed E-state index contributed by atoms with van der Waals surface area (Å²) in [5, 5.41) is 15.5. The summed E-state index contributed by atoms with van der Waals surface area (Å²) in [5.41, 5.74) is 0. The maximum absolute atomic E-state index is 9.45. The molecule has 0 aromatic heterocycles. The Morgan fingerprint density at radius 3 is 2.50 bits per heavy atom. The second kappa shape index (κ2) is 2.38. The first-order chi connectivity index (χ1) is 2.77. The van der Waals surface area contributed by atoms with Gasteiger partial charge in [0.1, 0.15) is 12.7 Å². The molecule has 0 aromatic rings. The van der Waals surface area contributed by atoms with Crippen molar-refractivity contribution in [2.75, 3.05) is 6.61 Å². The first kappa shape index (κ1) is 5.14. The standard InChI is InChI=1S/C3H5NO2/c1-2-6-3(4)5/h1-2H2,(H-,4,5). The lowest BCUT2D eigenvalue weighted by Crippen LogP contribution is -2.18. The Balaban J connectivity index is 2.83. The third-order valence-corrected chi connectivity index (χ3v) is 0.233. The molecule has 0 unspecified atom stereocenters. The Morgan fingerprint density at radius 1 is 2.00 bits per heavy atom. The monoisotopic (exact) mass is 87.0 g/mol. The first-order valence-corrected chi connectivity index (χ1v) is 1.45. The van der Waals surface area contributed by atoms with E-state index < -0.39 is 6.08 Å². The van der Waals surface area contributed by atoms with E-state index in [-0.39, 0.29) is 6.61 Å². The molecule has 0 fully saturated rings. The van der Waals surface area contributed by atoms with Gasteiger partial charge in [0.15, 0.2) is 0 Å². The lowest BCUT2D eigenvalue weighted by atomic mass is 10.9. The Labute approximate surface area is 36.1 Å². The maximum atomic E-state index is 9.45. The molecule has 0 bridgehead atoms. The molecule has 0 aromatic carbocycles. The molecule has 3 nitrogen and oxygen atoms in total. The molecule has 3 heteroatoms. The van der Waals surface area contributed by atoms with Gasteiger partial charge in [0.2, 0.25) is 0 Å². The van der Waals surface area contributed by atoms with E-state index in [1.165, 1.54) is 0 Å². The maximum Gasteiger partial charge on any atom is 0.145 e. The van der Waals surface area contributed by atoms with Gasteiger partial charge in [0, 0.05) is 0 Å². The van der Waals surface area contributed by atoms with E-state index in [0.717, 1.165) is 0 Å². The zero-order valence-electron chi connectivity index (χ0n) is 3.23. The van der Waals surface area contributed by atoms with E-state index in [1.807, 2.05) is 0 Å². The van der Waals surface area contributed by atoms with Crippen molar-refractivity contribution in [1.82, 2.24) is 0 Å². The average Bonchev–Trinajstić information content (AvgIpc) is 1.35. The molecule has 0 rings (SSSR count). The third kappa shape index (κ3) is 3.14. The van der Waals surface area contributed by atoms with Crippen LogP contribution >= 0.6 is 0 Å². The molecule has 6 heavy (non-hydrogen) atoms. The van der Waals surface area contributed by atoms with Crippen molar-refractivity contribution in [2.24, 2.45) is 0 Å². The third-order valence-electron chi connectivity index (χ3n) is 0.233. The van der Waals surface area contributed by atoms with Crippen LogP contribution in [0.3, 0.4) is 0 Å². The molecule has 0 aliphatic heterocycles. The van der Waals surface area contributed by atoms with E-state index in [0.29, 0.717) is 0 Å². The molecule has 0 amide bonds. The largest absolute Gasteiger partial charge is 0.561 e. The van der Waals surface area contributed by atoms with Gasteiger partial charge < -0.3 is 9.84 Å². The van der Waals surface area contributed by atoms with Gasteiger partial charge >= 0.3 is 0 Å². The summed E-state index contributed by atoms with van der Waals surface area (Å²) in [5.74, 6) is 0. The first-order valence-electron chi connectivity index (χ1n) is 1.45. The molecule has 0 radical (unpaired) electrons. The van der Waals surface area contributed by atoms with Gasteiger partial charge in [-0.2, -0.15) is 0 Å². The van der Waals surface area contributed by atoms with Gasteiger partial charge in [-0.15, -0.1) is 0 Å². The lowest BCUT2D eigenvalue weighted by molar-refractivity contribution is -0.251. The minimum atomic E-state index is -1.02. The topological polar surface area (TPSA) is 56.1 Å². The van der Waals surface area contributed by atoms with Gasteiger partial charge in [-0.3, -0.25) is 5.41 Å². The van der Waals surface area contributed by atoms with Crippen LogP contribution in [0.15, 0.2) is 0 Å². The van der Waals surface area contributed by atoms with Crippen molar-refractivity contribution >= 4 is 6.08 Å². The van der Waals surface area contributed by atoms with Crippen molar-refractivity contribution in [1.29, 1.82) is 5.41 Å². The smallest absolute Gasteiger partial charge is 0.145 e. The lowest BCUT2D eigenvalue weighted by Gasteiger charge is -2.01. The summed E-state index contributed by atoms with van der Waals surface area (Å²) in [7, 11) is 0.